The number of nitrogens with one attached hydrogen (secondary N) is 1. The molecule has 1 atom stereocenters. The third-order valence-corrected chi connectivity index (χ3v) is 6.55. The third-order valence-electron chi connectivity index (χ3n) is 5.25. The summed E-state index contributed by atoms with van der Waals surface area (Å²) in [7, 11) is 0. The summed E-state index contributed by atoms with van der Waals surface area (Å²) in [6.45, 7) is 0.131. The molecule has 1 aromatic heterocycles. The maximum atomic E-state index is 12.4. The molecule has 0 fully saturated rings. The van der Waals surface area contributed by atoms with Crippen molar-refractivity contribution in [2.24, 2.45) is 0 Å². The number of hydrogen-bond donors (Lipinski definition) is 2. The number of benzene rings is 2. The first kappa shape index (κ1) is 22.2. The summed E-state index contributed by atoms with van der Waals surface area (Å²) in [6.07, 6.45) is 0.850. The zero-order chi connectivity index (χ0) is 22.5. The number of hydrogen-bond acceptors (Lipinski definition) is 5. The topological polar surface area (TPSA) is 88.5 Å². The van der Waals surface area contributed by atoms with Gasteiger partial charge in [0, 0.05) is 28.6 Å². The van der Waals surface area contributed by atoms with E-state index in [1.807, 2.05) is 36.4 Å². The predicted octanol–water partition coefficient (Wildman–Crippen LogP) is 4.96. The van der Waals surface area contributed by atoms with Gasteiger partial charge in [0.15, 0.2) is 0 Å². The third kappa shape index (κ3) is 5.06. The lowest BCUT2D eigenvalue weighted by Crippen LogP contribution is -2.43. The molecular weight excluding hydrogens is 448 g/mol. The Kier molecular flexibility index (Phi) is 6.97. The minimum absolute atomic E-state index is 0.0836. The predicted molar refractivity (Wildman–Crippen MR) is 125 cm³/mol. The van der Waals surface area contributed by atoms with Gasteiger partial charge in [0.1, 0.15) is 12.6 Å². The quantitative estimate of drug-likeness (QED) is 0.485. The number of rotatable bonds is 8. The summed E-state index contributed by atoms with van der Waals surface area (Å²) in [5, 5.41) is 12.5. The first-order chi connectivity index (χ1) is 15.5. The van der Waals surface area contributed by atoms with Gasteiger partial charge in [-0.2, -0.15) is 11.8 Å². The van der Waals surface area contributed by atoms with Gasteiger partial charge in [0.25, 0.3) is 0 Å². The van der Waals surface area contributed by atoms with Crippen molar-refractivity contribution in [3.63, 3.8) is 0 Å². The highest BCUT2D eigenvalue weighted by molar-refractivity contribution is 7.98. The molecule has 1 unspecified atom stereocenters. The Morgan fingerprint density at radius 3 is 2.38 bits per heavy atom. The molecule has 1 amide bonds. The van der Waals surface area contributed by atoms with E-state index in [2.05, 4.69) is 22.4 Å². The molecule has 1 aliphatic rings. The van der Waals surface area contributed by atoms with Crippen molar-refractivity contribution in [2.75, 3.05) is 12.4 Å². The van der Waals surface area contributed by atoms with E-state index in [4.69, 9.17) is 16.3 Å². The monoisotopic (exact) mass is 468 g/mol. The number of alkyl carbamates (subject to hydrolysis) is 1. The van der Waals surface area contributed by atoms with Gasteiger partial charge in [0.05, 0.1) is 5.69 Å². The first-order valence-electron chi connectivity index (χ1n) is 10.1. The van der Waals surface area contributed by atoms with Crippen molar-refractivity contribution in [1.29, 1.82) is 0 Å². The number of aromatic nitrogens is 1. The van der Waals surface area contributed by atoms with E-state index >= 15 is 0 Å². The van der Waals surface area contributed by atoms with E-state index in [0.29, 0.717) is 10.8 Å². The van der Waals surface area contributed by atoms with Gasteiger partial charge in [-0.3, -0.25) is 4.98 Å². The number of thioether (sulfide) groups is 1. The largest absolute Gasteiger partial charge is 0.480 e. The number of ether oxygens (including phenoxy) is 1. The highest BCUT2D eigenvalue weighted by Gasteiger charge is 2.29. The number of carboxylic acids is 1. The van der Waals surface area contributed by atoms with Crippen LogP contribution in [0.25, 0.3) is 11.1 Å². The van der Waals surface area contributed by atoms with Gasteiger partial charge >= 0.3 is 12.1 Å². The summed E-state index contributed by atoms with van der Waals surface area (Å²) in [6, 6.07) is 18.4. The van der Waals surface area contributed by atoms with Crippen LogP contribution in [0.1, 0.15) is 22.7 Å². The normalized spacial score (nSPS) is 13.2. The Hall–Kier alpha value is -3.03. The molecule has 8 heteroatoms. The van der Waals surface area contributed by atoms with Gasteiger partial charge in [-0.15, -0.1) is 0 Å². The van der Waals surface area contributed by atoms with Crippen LogP contribution in [-0.4, -0.2) is 40.6 Å². The fourth-order valence-corrected chi connectivity index (χ4v) is 4.89. The van der Waals surface area contributed by atoms with Crippen LogP contribution in [0.15, 0.2) is 66.9 Å². The number of fused-ring (bicyclic) bond motifs is 3. The lowest BCUT2D eigenvalue weighted by Gasteiger charge is -2.17. The van der Waals surface area contributed by atoms with Gasteiger partial charge in [-0.05, 0) is 34.4 Å². The fraction of sp³-hybridized carbons (Fsp3) is 0.208. The second kappa shape index (κ2) is 10.1. The molecule has 164 valence electrons. The number of halogens is 1. The zero-order valence-electron chi connectivity index (χ0n) is 17.0. The molecule has 6 nitrogen and oxygen atoms in total. The van der Waals surface area contributed by atoms with Gasteiger partial charge in [0.2, 0.25) is 0 Å². The van der Waals surface area contributed by atoms with Gasteiger partial charge in [-0.25, -0.2) is 9.59 Å². The summed E-state index contributed by atoms with van der Waals surface area (Å²) in [5.74, 6) is -0.547. The molecular formula is C24H21ClN2O4S. The van der Waals surface area contributed by atoms with Crippen molar-refractivity contribution in [2.45, 2.75) is 17.7 Å². The number of carboxylic acid groups (broad SMARTS) is 1. The Labute approximate surface area is 195 Å². The Morgan fingerprint density at radius 1 is 1.09 bits per heavy atom. The van der Waals surface area contributed by atoms with Crippen LogP contribution in [-0.2, 0) is 15.3 Å². The smallest absolute Gasteiger partial charge is 0.407 e. The number of amides is 1. The maximum Gasteiger partial charge on any atom is 0.407 e. The number of pyridine rings is 1. The summed E-state index contributed by atoms with van der Waals surface area (Å²) >= 11 is 7.29. The van der Waals surface area contributed by atoms with E-state index in [1.54, 1.807) is 18.3 Å². The van der Waals surface area contributed by atoms with Crippen LogP contribution in [0.5, 0.6) is 0 Å². The molecule has 0 saturated heterocycles. The maximum absolute atomic E-state index is 12.4. The van der Waals surface area contributed by atoms with Gasteiger partial charge < -0.3 is 15.2 Å². The average molecular weight is 469 g/mol. The van der Waals surface area contributed by atoms with E-state index in [0.717, 1.165) is 27.9 Å². The highest BCUT2D eigenvalue weighted by atomic mass is 35.5. The first-order valence-corrected chi connectivity index (χ1v) is 11.6. The summed E-state index contributed by atoms with van der Waals surface area (Å²) in [4.78, 5) is 28.2. The van der Waals surface area contributed by atoms with Crippen molar-refractivity contribution >= 4 is 35.4 Å². The lowest BCUT2D eigenvalue weighted by atomic mass is 9.98. The van der Waals surface area contributed by atoms with Crippen LogP contribution in [0.3, 0.4) is 0 Å². The molecule has 3 aromatic rings. The SMILES string of the molecule is O=C(NC(CSCc1cc(Cl)ccn1)C(=O)O)OCC1c2ccccc2-c2ccccc21. The van der Waals surface area contributed by atoms with E-state index in [1.165, 1.54) is 11.8 Å². The average Bonchev–Trinajstić information content (AvgIpc) is 3.11. The molecule has 2 N–H and O–H groups in total. The Morgan fingerprint density at radius 2 is 1.75 bits per heavy atom. The van der Waals surface area contributed by atoms with Crippen LogP contribution >= 0.6 is 23.4 Å². The number of carbonyl (C=O) groups is 2. The van der Waals surface area contributed by atoms with Crippen LogP contribution in [0, 0.1) is 0 Å². The van der Waals surface area contributed by atoms with Crippen LogP contribution in [0.2, 0.25) is 5.02 Å². The molecule has 0 bridgehead atoms. The fourth-order valence-electron chi connectivity index (χ4n) is 3.77. The van der Waals surface area contributed by atoms with E-state index < -0.39 is 18.1 Å². The van der Waals surface area contributed by atoms with E-state index in [9.17, 15) is 14.7 Å². The number of carbonyl (C=O) groups excluding carboxylic acids is 1. The molecule has 0 radical (unpaired) electrons. The second-order valence-electron chi connectivity index (χ2n) is 7.34. The number of nitrogens with zero attached hydrogens (tertiary/aromatic N) is 1. The minimum Gasteiger partial charge on any atom is -0.480 e. The summed E-state index contributed by atoms with van der Waals surface area (Å²) in [5.41, 5.74) is 5.20. The van der Waals surface area contributed by atoms with Crippen molar-refractivity contribution in [3.8, 4) is 11.1 Å². The van der Waals surface area contributed by atoms with Crippen molar-refractivity contribution in [3.05, 3.63) is 88.7 Å². The zero-order valence-corrected chi connectivity index (χ0v) is 18.6. The van der Waals surface area contributed by atoms with Crippen molar-refractivity contribution in [1.82, 2.24) is 10.3 Å². The Bertz CT molecular complexity index is 1090. The standard InChI is InChI=1S/C24H21ClN2O4S/c25-15-9-10-26-16(11-15)13-32-14-22(23(28)29)27-24(30)31-12-21-19-7-3-1-5-17(19)18-6-2-4-8-20(18)21/h1-11,21-22H,12-14H2,(H,27,30)(H,28,29). The van der Waals surface area contributed by atoms with Crippen molar-refractivity contribution < 1.29 is 19.4 Å². The molecule has 0 saturated carbocycles. The highest BCUT2D eigenvalue weighted by Crippen LogP contribution is 2.44. The molecule has 4 rings (SSSR count). The second-order valence-corrected chi connectivity index (χ2v) is 8.81. The molecule has 2 aromatic carbocycles. The molecule has 0 aliphatic heterocycles. The van der Waals surface area contributed by atoms with E-state index in [-0.39, 0.29) is 18.3 Å². The van der Waals surface area contributed by atoms with Crippen LogP contribution in [0.4, 0.5) is 4.79 Å². The Balaban J connectivity index is 1.34. The molecule has 1 heterocycles. The molecule has 32 heavy (non-hydrogen) atoms. The molecule has 1 aliphatic carbocycles. The van der Waals surface area contributed by atoms with Crippen LogP contribution < -0.4 is 5.32 Å². The molecule has 0 spiro atoms. The number of aliphatic carboxylic acids is 1. The van der Waals surface area contributed by atoms with Gasteiger partial charge in [-0.1, -0.05) is 60.1 Å². The minimum atomic E-state index is -1.12. The summed E-state index contributed by atoms with van der Waals surface area (Å²) < 4.78 is 5.45. The lowest BCUT2D eigenvalue weighted by molar-refractivity contribution is -0.138.